The predicted octanol–water partition coefficient (Wildman–Crippen LogP) is 4.70. The van der Waals surface area contributed by atoms with Crippen LogP contribution in [0.2, 0.25) is 0 Å². The quantitative estimate of drug-likeness (QED) is 0.130. The van der Waals surface area contributed by atoms with Crippen LogP contribution in [0.15, 0.2) is 70.1 Å². The van der Waals surface area contributed by atoms with Crippen LogP contribution in [0.5, 0.6) is 0 Å². The molecular weight excluding hydrogens is 779 g/mol. The molecule has 6 N–H and O–H groups in total. The Kier molecular flexibility index (Phi) is 9.17. The summed E-state index contributed by atoms with van der Waals surface area (Å²) in [5.41, 5.74) is 5.88. The molecule has 0 spiro atoms. The van der Waals surface area contributed by atoms with E-state index in [4.69, 9.17) is 29.8 Å². The fourth-order valence-electron chi connectivity index (χ4n) is 7.06. The molecule has 1 aliphatic carbocycles. The van der Waals surface area contributed by atoms with Crippen molar-refractivity contribution >= 4 is 39.5 Å². The molecule has 2 aromatic carbocycles. The number of rotatable bonds is 8. The lowest BCUT2D eigenvalue weighted by molar-refractivity contribution is 0.0297. The number of nitrogen functional groups attached to an aromatic ring is 1. The van der Waals surface area contributed by atoms with Crippen molar-refractivity contribution in [2.45, 2.75) is 71.2 Å². The first-order chi connectivity index (χ1) is 29.1. The average Bonchev–Trinajstić information content (AvgIpc) is 3.47. The summed E-state index contributed by atoms with van der Waals surface area (Å²) < 4.78 is 13.7. The van der Waals surface area contributed by atoms with Crippen LogP contribution >= 0.6 is 0 Å². The number of benzene rings is 2. The van der Waals surface area contributed by atoms with E-state index in [1.165, 1.54) is 13.3 Å². The largest absolute Gasteiger partial charge is 0.383 e. The molecule has 6 heterocycles. The van der Waals surface area contributed by atoms with Crippen molar-refractivity contribution in [3.05, 3.63) is 107 Å². The highest BCUT2D eigenvalue weighted by Gasteiger charge is 2.44. The van der Waals surface area contributed by atoms with Gasteiger partial charge in [-0.1, -0.05) is 34.0 Å². The van der Waals surface area contributed by atoms with Gasteiger partial charge in [-0.25, -0.2) is 24.6 Å². The standard InChI is InChI=1S/C43H39N13O5/c1-23-17-33(53-60-23)41(4,57)14-11-26-7-10-29-31(20-26)56(52-37(29)43(6,59)28-8-9-28)35-13-16-45-39(50-35)49-30-19-27(12-15-42(5,58)34-18-24(2)61-54-34)21-32-36(30)48-25(3)55(32)40-47-22-46-38(44)51-40/h7,10,13,16-22,28,57-59H,8-9H2,1-6H3,(H,45,49,50)(H2,44,46,47,51). The van der Waals surface area contributed by atoms with Gasteiger partial charge < -0.3 is 35.4 Å². The maximum atomic E-state index is 11.8. The second-order valence-electron chi connectivity index (χ2n) is 15.6. The minimum Gasteiger partial charge on any atom is -0.383 e. The number of fused-ring (bicyclic) bond motifs is 2. The molecule has 0 amide bonds. The summed E-state index contributed by atoms with van der Waals surface area (Å²) in [7, 11) is 0. The Morgan fingerprint density at radius 3 is 2.10 bits per heavy atom. The zero-order valence-electron chi connectivity index (χ0n) is 33.9. The summed E-state index contributed by atoms with van der Waals surface area (Å²) in [4.78, 5) is 26.9. The second-order valence-corrected chi connectivity index (χ2v) is 15.6. The lowest BCUT2D eigenvalue weighted by Gasteiger charge is -2.20. The Labute approximate surface area is 347 Å². The van der Waals surface area contributed by atoms with Crippen LogP contribution in [-0.2, 0) is 16.8 Å². The van der Waals surface area contributed by atoms with Gasteiger partial charge in [0, 0.05) is 40.9 Å². The summed E-state index contributed by atoms with van der Waals surface area (Å²) in [5.74, 6) is 14.5. The van der Waals surface area contributed by atoms with Crippen LogP contribution in [0, 0.1) is 50.4 Å². The Morgan fingerprint density at radius 1 is 0.787 bits per heavy atom. The van der Waals surface area contributed by atoms with Gasteiger partial charge in [0.15, 0.2) is 17.0 Å². The van der Waals surface area contributed by atoms with Gasteiger partial charge >= 0.3 is 0 Å². The molecule has 61 heavy (non-hydrogen) atoms. The van der Waals surface area contributed by atoms with Crippen molar-refractivity contribution < 1.29 is 24.4 Å². The number of hydrogen-bond donors (Lipinski definition) is 5. The highest BCUT2D eigenvalue weighted by Crippen LogP contribution is 2.47. The fourth-order valence-corrected chi connectivity index (χ4v) is 7.06. The van der Waals surface area contributed by atoms with Crippen molar-refractivity contribution in [2.24, 2.45) is 5.92 Å². The lowest BCUT2D eigenvalue weighted by Crippen LogP contribution is -2.25. The van der Waals surface area contributed by atoms with Crippen molar-refractivity contribution in [3.63, 3.8) is 0 Å². The Bertz CT molecular complexity index is 3150. The molecule has 0 bridgehead atoms. The molecule has 1 saturated carbocycles. The van der Waals surface area contributed by atoms with Crippen molar-refractivity contribution in [3.8, 4) is 35.4 Å². The molecule has 3 unspecified atom stereocenters. The highest BCUT2D eigenvalue weighted by molar-refractivity contribution is 5.93. The normalized spacial score (nSPS) is 15.6. The number of anilines is 3. The SMILES string of the molecule is Cc1cc(C(C)(O)C#Cc2ccc3c(C(C)(O)C4CC4)nn(-c4ccnc(Nc5cc(C#CC(C)(O)c6cc(C)on6)cc6c5nc(C)n6-c5ncnc(N)n5)n4)c3c2)no1. The van der Waals surface area contributed by atoms with Gasteiger partial charge in [0.2, 0.25) is 17.8 Å². The van der Waals surface area contributed by atoms with Crippen LogP contribution in [-0.4, -0.2) is 69.9 Å². The van der Waals surface area contributed by atoms with Gasteiger partial charge in [0.1, 0.15) is 51.9 Å². The molecule has 0 radical (unpaired) electrons. The number of nitrogens with one attached hydrogen (secondary N) is 1. The summed E-state index contributed by atoms with van der Waals surface area (Å²) in [6.45, 7) is 10.1. The Morgan fingerprint density at radius 2 is 1.46 bits per heavy atom. The molecule has 0 saturated heterocycles. The third-order valence-electron chi connectivity index (χ3n) is 10.5. The fraction of sp³-hybridized carbons (Fsp3) is 0.279. The van der Waals surface area contributed by atoms with Crippen LogP contribution in [0.4, 0.5) is 17.6 Å². The molecule has 3 atom stereocenters. The van der Waals surface area contributed by atoms with E-state index in [9.17, 15) is 15.3 Å². The molecule has 306 valence electrons. The smallest absolute Gasteiger partial charge is 0.240 e. The van der Waals surface area contributed by atoms with Crippen molar-refractivity contribution in [1.29, 1.82) is 0 Å². The molecule has 8 aromatic rings. The zero-order chi connectivity index (χ0) is 42.8. The van der Waals surface area contributed by atoms with Crippen LogP contribution < -0.4 is 11.1 Å². The van der Waals surface area contributed by atoms with E-state index >= 15 is 0 Å². The first-order valence-electron chi connectivity index (χ1n) is 19.3. The average molecular weight is 818 g/mol. The maximum Gasteiger partial charge on any atom is 0.240 e. The van der Waals surface area contributed by atoms with Gasteiger partial charge in [-0.3, -0.25) is 4.57 Å². The van der Waals surface area contributed by atoms with E-state index in [0.29, 0.717) is 67.9 Å². The first kappa shape index (κ1) is 39.0. The molecule has 9 rings (SSSR count). The van der Waals surface area contributed by atoms with E-state index in [1.54, 1.807) is 80.4 Å². The van der Waals surface area contributed by atoms with Gasteiger partial charge in [-0.15, -0.1) is 0 Å². The molecule has 0 aliphatic heterocycles. The summed E-state index contributed by atoms with van der Waals surface area (Å²) in [6, 6.07) is 14.1. The molecule has 1 aliphatic rings. The molecule has 6 aromatic heterocycles. The molecule has 18 heteroatoms. The van der Waals surface area contributed by atoms with E-state index in [-0.39, 0.29) is 29.5 Å². The number of aliphatic hydroxyl groups is 3. The Balaban J connectivity index is 1.14. The number of nitrogens with zero attached hydrogens (tertiary/aromatic N) is 11. The number of aromatic nitrogens is 11. The van der Waals surface area contributed by atoms with Crippen LogP contribution in [0.3, 0.4) is 0 Å². The van der Waals surface area contributed by atoms with Crippen molar-refractivity contribution in [1.82, 2.24) is 54.6 Å². The highest BCUT2D eigenvalue weighted by atomic mass is 16.5. The maximum absolute atomic E-state index is 11.8. The summed E-state index contributed by atoms with van der Waals surface area (Å²) in [6.07, 6.45) is 4.67. The molecule has 18 nitrogen and oxygen atoms in total. The number of imidazole rings is 1. The molecule has 1 fully saturated rings. The number of nitrogens with two attached hydrogens (primary N) is 1. The number of hydrogen-bond acceptors (Lipinski definition) is 16. The van der Waals surface area contributed by atoms with E-state index < -0.39 is 16.8 Å². The zero-order valence-corrected chi connectivity index (χ0v) is 33.9. The number of aryl methyl sites for hydroxylation is 3. The van der Waals surface area contributed by atoms with E-state index in [1.807, 2.05) is 18.2 Å². The Hall–Kier alpha value is -7.51. The van der Waals surface area contributed by atoms with Gasteiger partial charge in [-0.2, -0.15) is 15.1 Å². The minimum absolute atomic E-state index is 0.0327. The predicted molar refractivity (Wildman–Crippen MR) is 221 cm³/mol. The van der Waals surface area contributed by atoms with Crippen LogP contribution in [0.25, 0.3) is 33.7 Å². The second kappa shape index (κ2) is 14.3. The monoisotopic (exact) mass is 817 g/mol. The van der Waals surface area contributed by atoms with Crippen LogP contribution in [0.1, 0.15) is 79.2 Å². The van der Waals surface area contributed by atoms with E-state index in [2.05, 4.69) is 59.2 Å². The van der Waals surface area contributed by atoms with E-state index in [0.717, 1.165) is 18.2 Å². The summed E-state index contributed by atoms with van der Waals surface area (Å²) in [5, 5.41) is 51.0. The topological polar surface area (TPSA) is 251 Å². The van der Waals surface area contributed by atoms with Gasteiger partial charge in [0.25, 0.3) is 0 Å². The third-order valence-corrected chi connectivity index (χ3v) is 10.5. The first-order valence-corrected chi connectivity index (χ1v) is 19.3. The lowest BCUT2D eigenvalue weighted by atomic mass is 9.93. The van der Waals surface area contributed by atoms with Crippen molar-refractivity contribution in [2.75, 3.05) is 11.1 Å². The van der Waals surface area contributed by atoms with Gasteiger partial charge in [-0.05, 0) is 90.6 Å². The molecular formula is C43H39N13O5. The minimum atomic E-state index is -1.63. The third kappa shape index (κ3) is 7.40. The van der Waals surface area contributed by atoms with Gasteiger partial charge in [0.05, 0.1) is 16.7 Å². The summed E-state index contributed by atoms with van der Waals surface area (Å²) >= 11 is 0.